The molecular formula is C31H32N6O8S. The number of carboxylic acid groups (broad SMARTS) is 2. The maximum atomic E-state index is 13.5. The predicted molar refractivity (Wildman–Crippen MR) is 164 cm³/mol. The molecule has 2 aromatic carbocycles. The molecule has 240 valence electrons. The van der Waals surface area contributed by atoms with E-state index in [4.69, 9.17) is 0 Å². The Hall–Kier alpha value is -5.15. The van der Waals surface area contributed by atoms with E-state index >= 15 is 0 Å². The average Bonchev–Trinajstić information content (AvgIpc) is 3.65. The van der Waals surface area contributed by atoms with Crippen LogP contribution in [0.15, 0.2) is 59.6 Å². The fourth-order valence-corrected chi connectivity index (χ4v) is 6.90. The molecule has 0 fully saturated rings. The van der Waals surface area contributed by atoms with Gasteiger partial charge in [0.25, 0.3) is 11.8 Å². The lowest BCUT2D eigenvalue weighted by Crippen LogP contribution is -2.44. The van der Waals surface area contributed by atoms with Gasteiger partial charge >= 0.3 is 11.9 Å². The zero-order valence-electron chi connectivity index (χ0n) is 25.1. The Morgan fingerprint density at radius 2 is 1.80 bits per heavy atom. The molecule has 5 rings (SSSR count). The first kappa shape index (κ1) is 32.2. The third-order valence-electron chi connectivity index (χ3n) is 7.93. The van der Waals surface area contributed by atoms with Gasteiger partial charge in [0.2, 0.25) is 10.0 Å². The predicted octanol–water partition coefficient (Wildman–Crippen LogP) is 2.47. The van der Waals surface area contributed by atoms with Crippen molar-refractivity contribution >= 4 is 39.4 Å². The van der Waals surface area contributed by atoms with Crippen molar-refractivity contribution in [2.24, 2.45) is 5.92 Å². The fraction of sp³-hybridized carbons (Fsp3) is 0.290. The molecule has 2 atom stereocenters. The summed E-state index contributed by atoms with van der Waals surface area (Å²) in [5.41, 5.74) is 3.28. The number of rotatable bonds is 11. The Morgan fingerprint density at radius 1 is 1.04 bits per heavy atom. The second-order valence-corrected chi connectivity index (χ2v) is 13.0. The van der Waals surface area contributed by atoms with Crippen LogP contribution in [0.3, 0.4) is 0 Å². The van der Waals surface area contributed by atoms with Crippen LogP contribution in [-0.2, 0) is 27.8 Å². The fourth-order valence-electron chi connectivity index (χ4n) is 5.49. The molecule has 0 unspecified atom stereocenters. The summed E-state index contributed by atoms with van der Waals surface area (Å²) in [5, 5.41) is 28.7. The molecule has 46 heavy (non-hydrogen) atoms. The number of carbonyl (C=O) groups excluding carboxylic acids is 2. The van der Waals surface area contributed by atoms with Gasteiger partial charge in [-0.25, -0.2) is 22.7 Å². The summed E-state index contributed by atoms with van der Waals surface area (Å²) in [7, 11) is -4.17. The van der Waals surface area contributed by atoms with Gasteiger partial charge in [0.05, 0.1) is 22.7 Å². The van der Waals surface area contributed by atoms with Crippen LogP contribution in [0.2, 0.25) is 0 Å². The highest BCUT2D eigenvalue weighted by Crippen LogP contribution is 2.35. The van der Waals surface area contributed by atoms with E-state index in [1.54, 1.807) is 32.9 Å². The Balaban J connectivity index is 1.32. The SMILES string of the molecule is Cc1c(C(=O)O)ccc2c1CC[C@@H]2NC(=O)c1cc(C(=O)NCc2cccc(S(=O)(=O)N[C@H](C(=O)O)C(C)C)c2)nc2ccnn12. The monoisotopic (exact) mass is 648 g/mol. The Bertz CT molecular complexity index is 1990. The highest BCUT2D eigenvalue weighted by Gasteiger charge is 2.30. The summed E-state index contributed by atoms with van der Waals surface area (Å²) >= 11 is 0. The van der Waals surface area contributed by atoms with E-state index in [0.717, 1.165) is 11.1 Å². The van der Waals surface area contributed by atoms with E-state index in [0.29, 0.717) is 24.0 Å². The van der Waals surface area contributed by atoms with Crippen molar-refractivity contribution in [3.05, 3.63) is 93.9 Å². The van der Waals surface area contributed by atoms with Crippen LogP contribution in [0, 0.1) is 12.8 Å². The van der Waals surface area contributed by atoms with Gasteiger partial charge in [-0.1, -0.05) is 32.0 Å². The minimum absolute atomic E-state index is 0.0600. The van der Waals surface area contributed by atoms with Crippen molar-refractivity contribution in [1.82, 2.24) is 30.0 Å². The summed E-state index contributed by atoms with van der Waals surface area (Å²) < 4.78 is 29.3. The molecule has 0 spiro atoms. The van der Waals surface area contributed by atoms with Crippen LogP contribution in [0.25, 0.3) is 5.65 Å². The summed E-state index contributed by atoms with van der Waals surface area (Å²) in [6.45, 7) is 4.84. The van der Waals surface area contributed by atoms with Crippen molar-refractivity contribution in [2.45, 2.75) is 57.1 Å². The Morgan fingerprint density at radius 3 is 2.50 bits per heavy atom. The molecule has 1 aliphatic carbocycles. The van der Waals surface area contributed by atoms with Crippen LogP contribution in [-0.4, -0.2) is 63.0 Å². The van der Waals surface area contributed by atoms with Crippen LogP contribution < -0.4 is 15.4 Å². The minimum Gasteiger partial charge on any atom is -0.480 e. The smallest absolute Gasteiger partial charge is 0.335 e. The van der Waals surface area contributed by atoms with Crippen molar-refractivity contribution in [3.8, 4) is 0 Å². The Labute approximate surface area is 263 Å². The lowest BCUT2D eigenvalue weighted by molar-refractivity contribution is -0.140. The van der Waals surface area contributed by atoms with Gasteiger partial charge in [-0.05, 0) is 66.1 Å². The number of hydrogen-bond acceptors (Lipinski definition) is 8. The topological polar surface area (TPSA) is 209 Å². The second kappa shape index (κ2) is 12.7. The minimum atomic E-state index is -4.17. The maximum Gasteiger partial charge on any atom is 0.335 e. The average molecular weight is 649 g/mol. The molecule has 0 radical (unpaired) electrons. The number of benzene rings is 2. The van der Waals surface area contributed by atoms with Gasteiger partial charge in [-0.15, -0.1) is 0 Å². The summed E-state index contributed by atoms with van der Waals surface area (Å²) in [6.07, 6.45) is 2.62. The number of aromatic carboxylic acids is 1. The highest BCUT2D eigenvalue weighted by atomic mass is 32.2. The van der Waals surface area contributed by atoms with Crippen molar-refractivity contribution < 1.29 is 37.8 Å². The summed E-state index contributed by atoms with van der Waals surface area (Å²) in [5.74, 6) is -3.93. The van der Waals surface area contributed by atoms with Crippen LogP contribution in [0.1, 0.15) is 79.9 Å². The number of carbonyl (C=O) groups is 4. The van der Waals surface area contributed by atoms with Gasteiger partial charge < -0.3 is 20.8 Å². The standard InChI is InChI=1S/C31H32N6O8S/c1-16(2)27(31(42)43)36-46(44,45)19-6-4-5-18(13-19)15-32-28(38)24-14-25(37-26(34-24)11-12-33-37)29(39)35-23-10-9-20-17(3)21(30(40)41)7-8-22(20)23/h4-8,11-14,16,23,27,36H,9-10,15H2,1-3H3,(H,32,38)(H,35,39)(H,40,41)(H,42,43)/t23-,27-/m0/s1. The Kier molecular flexibility index (Phi) is 8.90. The number of sulfonamides is 1. The van der Waals surface area contributed by atoms with E-state index in [9.17, 15) is 37.8 Å². The second-order valence-electron chi connectivity index (χ2n) is 11.3. The van der Waals surface area contributed by atoms with E-state index in [-0.39, 0.29) is 40.1 Å². The summed E-state index contributed by atoms with van der Waals surface area (Å²) in [6, 6.07) is 10.1. The first-order valence-corrected chi connectivity index (χ1v) is 15.9. The number of fused-ring (bicyclic) bond motifs is 2. The number of amides is 2. The van der Waals surface area contributed by atoms with Crippen LogP contribution >= 0.6 is 0 Å². The molecule has 2 heterocycles. The zero-order valence-corrected chi connectivity index (χ0v) is 26.0. The summed E-state index contributed by atoms with van der Waals surface area (Å²) in [4.78, 5) is 53.9. The lowest BCUT2D eigenvalue weighted by atomic mass is 9.98. The lowest BCUT2D eigenvalue weighted by Gasteiger charge is -2.18. The van der Waals surface area contributed by atoms with Gasteiger partial charge in [-0.2, -0.15) is 9.82 Å². The molecule has 4 aromatic rings. The van der Waals surface area contributed by atoms with E-state index < -0.39 is 45.7 Å². The van der Waals surface area contributed by atoms with Crippen molar-refractivity contribution in [1.29, 1.82) is 0 Å². The molecule has 1 aliphatic rings. The number of aliphatic carboxylic acids is 1. The number of aromatic nitrogens is 3. The van der Waals surface area contributed by atoms with Gasteiger partial charge in [0.1, 0.15) is 17.4 Å². The van der Waals surface area contributed by atoms with Crippen molar-refractivity contribution in [2.75, 3.05) is 0 Å². The largest absolute Gasteiger partial charge is 0.480 e. The van der Waals surface area contributed by atoms with E-state index in [1.165, 1.54) is 47.1 Å². The zero-order chi connectivity index (χ0) is 33.3. The number of carboxylic acids is 2. The molecule has 2 aromatic heterocycles. The third-order valence-corrected chi connectivity index (χ3v) is 9.37. The molecule has 5 N–H and O–H groups in total. The normalized spacial score (nSPS) is 15.0. The molecular weight excluding hydrogens is 616 g/mol. The van der Waals surface area contributed by atoms with Crippen molar-refractivity contribution in [3.63, 3.8) is 0 Å². The van der Waals surface area contributed by atoms with E-state index in [2.05, 4.69) is 25.4 Å². The molecule has 0 aliphatic heterocycles. The van der Waals surface area contributed by atoms with Crippen LogP contribution in [0.5, 0.6) is 0 Å². The maximum absolute atomic E-state index is 13.5. The molecule has 14 nitrogen and oxygen atoms in total. The van der Waals surface area contributed by atoms with Gasteiger partial charge in [0.15, 0.2) is 5.65 Å². The highest BCUT2D eigenvalue weighted by molar-refractivity contribution is 7.89. The first-order valence-electron chi connectivity index (χ1n) is 14.4. The molecule has 0 bridgehead atoms. The van der Waals surface area contributed by atoms with Crippen LogP contribution in [0.4, 0.5) is 0 Å². The van der Waals surface area contributed by atoms with E-state index in [1.807, 2.05) is 0 Å². The molecule has 0 saturated heterocycles. The first-order chi connectivity index (χ1) is 21.8. The number of nitrogens with zero attached hydrogens (tertiary/aromatic N) is 3. The van der Waals surface area contributed by atoms with Gasteiger partial charge in [-0.3, -0.25) is 14.4 Å². The third kappa shape index (κ3) is 6.46. The molecule has 2 amide bonds. The molecule has 15 heteroatoms. The van der Waals surface area contributed by atoms with Gasteiger partial charge in [0, 0.05) is 18.7 Å². The quantitative estimate of drug-likeness (QED) is 0.160. The molecule has 0 saturated carbocycles. The number of hydrogen-bond donors (Lipinski definition) is 5. The number of nitrogens with one attached hydrogen (secondary N) is 3.